The maximum atomic E-state index is 12.3. The van der Waals surface area contributed by atoms with Crippen molar-refractivity contribution in [1.29, 1.82) is 0 Å². The Kier molecular flexibility index (Phi) is 4.08. The molecule has 0 atom stereocenters. The van der Waals surface area contributed by atoms with E-state index in [1.807, 2.05) is 61.5 Å². The first-order valence-corrected chi connectivity index (χ1v) is 6.59. The van der Waals surface area contributed by atoms with Crippen LogP contribution >= 0.6 is 0 Å². The maximum absolute atomic E-state index is 12.3. The number of nitrogens with one attached hydrogen (secondary N) is 1. The number of ether oxygens (including phenoxy) is 1. The molecule has 0 saturated heterocycles. The molecule has 0 fully saturated rings. The van der Waals surface area contributed by atoms with E-state index in [1.165, 1.54) is 0 Å². The predicted octanol–water partition coefficient (Wildman–Crippen LogP) is 3.79. The van der Waals surface area contributed by atoms with Crippen LogP contribution in [0.3, 0.4) is 0 Å². The number of hydrogen-bond donors (Lipinski definition) is 1. The van der Waals surface area contributed by atoms with Gasteiger partial charge in [-0.25, -0.2) is 0 Å². The molecule has 1 amide bonds. The molecule has 2 rings (SSSR count). The molecule has 104 valence electrons. The van der Waals surface area contributed by atoms with Crippen LogP contribution in [0.5, 0.6) is 5.75 Å². The molecule has 0 unspecified atom stereocenters. The van der Waals surface area contributed by atoms with E-state index in [1.54, 1.807) is 13.8 Å². The molecule has 20 heavy (non-hydrogen) atoms. The predicted molar refractivity (Wildman–Crippen MR) is 81.0 cm³/mol. The highest BCUT2D eigenvalue weighted by Gasteiger charge is 2.29. The van der Waals surface area contributed by atoms with Crippen LogP contribution in [0.2, 0.25) is 0 Å². The van der Waals surface area contributed by atoms with Gasteiger partial charge in [0.1, 0.15) is 5.75 Å². The molecular formula is C17H19NO2. The summed E-state index contributed by atoms with van der Waals surface area (Å²) in [6.45, 7) is 5.52. The molecule has 0 aliphatic carbocycles. The van der Waals surface area contributed by atoms with Gasteiger partial charge in [-0.1, -0.05) is 35.9 Å². The molecule has 0 aliphatic heterocycles. The standard InChI is InChI=1S/C17H19NO2/c1-13-9-11-15(12-10-13)20-17(2,3)16(19)18-14-7-5-4-6-8-14/h4-12H,1-3H3,(H,18,19). The van der Waals surface area contributed by atoms with Gasteiger partial charge in [-0.15, -0.1) is 0 Å². The molecule has 3 nitrogen and oxygen atoms in total. The Hall–Kier alpha value is -2.29. The summed E-state index contributed by atoms with van der Waals surface area (Å²) in [5, 5.41) is 2.85. The molecule has 3 heteroatoms. The second-order valence-electron chi connectivity index (χ2n) is 5.25. The van der Waals surface area contributed by atoms with E-state index in [0.29, 0.717) is 5.75 Å². The molecule has 2 aromatic carbocycles. The van der Waals surface area contributed by atoms with Crippen LogP contribution in [0.1, 0.15) is 19.4 Å². The van der Waals surface area contributed by atoms with Crippen molar-refractivity contribution in [2.75, 3.05) is 5.32 Å². The maximum Gasteiger partial charge on any atom is 0.267 e. The molecule has 0 spiro atoms. The first-order chi connectivity index (χ1) is 9.47. The minimum atomic E-state index is -0.939. The zero-order valence-electron chi connectivity index (χ0n) is 12.0. The number of benzene rings is 2. The smallest absolute Gasteiger partial charge is 0.267 e. The highest BCUT2D eigenvalue weighted by molar-refractivity contribution is 5.96. The normalized spacial score (nSPS) is 10.9. The van der Waals surface area contributed by atoms with E-state index in [4.69, 9.17) is 4.74 Å². The van der Waals surface area contributed by atoms with Gasteiger partial charge < -0.3 is 10.1 Å². The topological polar surface area (TPSA) is 38.3 Å². The summed E-state index contributed by atoms with van der Waals surface area (Å²) < 4.78 is 5.78. The molecule has 0 heterocycles. The summed E-state index contributed by atoms with van der Waals surface area (Å²) in [5.74, 6) is 0.507. The van der Waals surface area contributed by atoms with Crippen LogP contribution in [-0.2, 0) is 4.79 Å². The Morgan fingerprint density at radius 3 is 2.20 bits per heavy atom. The minimum Gasteiger partial charge on any atom is -0.478 e. The summed E-state index contributed by atoms with van der Waals surface area (Å²) >= 11 is 0. The van der Waals surface area contributed by atoms with E-state index < -0.39 is 5.60 Å². The lowest BCUT2D eigenvalue weighted by atomic mass is 10.1. The summed E-state index contributed by atoms with van der Waals surface area (Å²) in [5.41, 5.74) is 0.979. The van der Waals surface area contributed by atoms with E-state index in [9.17, 15) is 4.79 Å². The number of anilines is 1. The van der Waals surface area contributed by atoms with Crippen molar-refractivity contribution >= 4 is 11.6 Å². The molecule has 0 aromatic heterocycles. The number of rotatable bonds is 4. The summed E-state index contributed by atoms with van der Waals surface area (Å²) in [4.78, 5) is 12.3. The van der Waals surface area contributed by atoms with Crippen LogP contribution in [0.4, 0.5) is 5.69 Å². The van der Waals surface area contributed by atoms with Crippen LogP contribution in [-0.4, -0.2) is 11.5 Å². The Bertz CT molecular complexity index is 574. The Morgan fingerprint density at radius 2 is 1.60 bits per heavy atom. The van der Waals surface area contributed by atoms with E-state index >= 15 is 0 Å². The van der Waals surface area contributed by atoms with Crippen molar-refractivity contribution < 1.29 is 9.53 Å². The molecule has 0 radical (unpaired) electrons. The van der Waals surface area contributed by atoms with Gasteiger partial charge in [0.05, 0.1) is 0 Å². The Labute approximate surface area is 119 Å². The first-order valence-electron chi connectivity index (χ1n) is 6.59. The first kappa shape index (κ1) is 14.1. The molecule has 0 saturated carbocycles. The molecular weight excluding hydrogens is 250 g/mol. The SMILES string of the molecule is Cc1ccc(OC(C)(C)C(=O)Nc2ccccc2)cc1. The van der Waals surface area contributed by atoms with Crippen molar-refractivity contribution in [3.63, 3.8) is 0 Å². The lowest BCUT2D eigenvalue weighted by Gasteiger charge is -2.25. The number of hydrogen-bond acceptors (Lipinski definition) is 2. The van der Waals surface area contributed by atoms with Crippen LogP contribution in [0.25, 0.3) is 0 Å². The van der Waals surface area contributed by atoms with Crippen molar-refractivity contribution in [2.24, 2.45) is 0 Å². The molecule has 0 bridgehead atoms. The van der Waals surface area contributed by atoms with Gasteiger partial charge in [0, 0.05) is 5.69 Å². The fourth-order valence-corrected chi connectivity index (χ4v) is 1.75. The number of carbonyl (C=O) groups is 1. The van der Waals surface area contributed by atoms with Gasteiger partial charge >= 0.3 is 0 Å². The van der Waals surface area contributed by atoms with Crippen molar-refractivity contribution in [2.45, 2.75) is 26.4 Å². The van der Waals surface area contributed by atoms with Crippen molar-refractivity contribution in [3.05, 3.63) is 60.2 Å². The summed E-state index contributed by atoms with van der Waals surface area (Å²) in [7, 11) is 0. The quantitative estimate of drug-likeness (QED) is 0.917. The minimum absolute atomic E-state index is 0.177. The average Bonchev–Trinajstić information content (AvgIpc) is 2.42. The monoisotopic (exact) mass is 269 g/mol. The molecule has 0 aliphatic rings. The third kappa shape index (κ3) is 3.60. The van der Waals surface area contributed by atoms with E-state index in [-0.39, 0.29) is 5.91 Å². The van der Waals surface area contributed by atoms with Crippen molar-refractivity contribution in [3.8, 4) is 5.75 Å². The largest absolute Gasteiger partial charge is 0.478 e. The Morgan fingerprint density at radius 1 is 1.00 bits per heavy atom. The van der Waals surface area contributed by atoms with Gasteiger partial charge in [0.2, 0.25) is 0 Å². The number of carbonyl (C=O) groups excluding carboxylic acids is 1. The van der Waals surface area contributed by atoms with Gasteiger partial charge in [-0.05, 0) is 45.0 Å². The fraction of sp³-hybridized carbons (Fsp3) is 0.235. The second kappa shape index (κ2) is 5.78. The van der Waals surface area contributed by atoms with Crippen LogP contribution < -0.4 is 10.1 Å². The highest BCUT2D eigenvalue weighted by Crippen LogP contribution is 2.20. The Balaban J connectivity index is 2.05. The fourth-order valence-electron chi connectivity index (χ4n) is 1.75. The number of amides is 1. The number of para-hydroxylation sites is 1. The lowest BCUT2D eigenvalue weighted by molar-refractivity contribution is -0.128. The molecule has 2 aromatic rings. The zero-order valence-corrected chi connectivity index (χ0v) is 12.0. The highest BCUT2D eigenvalue weighted by atomic mass is 16.5. The van der Waals surface area contributed by atoms with Gasteiger partial charge in [0.15, 0.2) is 5.60 Å². The number of aryl methyl sites for hydroxylation is 1. The van der Waals surface area contributed by atoms with Gasteiger partial charge in [-0.3, -0.25) is 4.79 Å². The van der Waals surface area contributed by atoms with Crippen LogP contribution in [0.15, 0.2) is 54.6 Å². The molecule has 1 N–H and O–H groups in total. The zero-order chi connectivity index (χ0) is 14.6. The van der Waals surface area contributed by atoms with E-state index in [2.05, 4.69) is 5.32 Å². The van der Waals surface area contributed by atoms with Gasteiger partial charge in [-0.2, -0.15) is 0 Å². The third-order valence-corrected chi connectivity index (χ3v) is 2.97. The second-order valence-corrected chi connectivity index (χ2v) is 5.25. The van der Waals surface area contributed by atoms with Gasteiger partial charge in [0.25, 0.3) is 5.91 Å². The average molecular weight is 269 g/mol. The van der Waals surface area contributed by atoms with Crippen molar-refractivity contribution in [1.82, 2.24) is 0 Å². The summed E-state index contributed by atoms with van der Waals surface area (Å²) in [6, 6.07) is 17.0. The lowest BCUT2D eigenvalue weighted by Crippen LogP contribution is -2.42. The third-order valence-electron chi connectivity index (χ3n) is 2.97. The summed E-state index contributed by atoms with van der Waals surface area (Å²) in [6.07, 6.45) is 0. The van der Waals surface area contributed by atoms with Crippen LogP contribution in [0, 0.1) is 6.92 Å². The van der Waals surface area contributed by atoms with E-state index in [0.717, 1.165) is 11.3 Å².